The predicted octanol–water partition coefficient (Wildman–Crippen LogP) is 5.01. The van der Waals surface area contributed by atoms with E-state index in [1.807, 2.05) is 36.7 Å². The second kappa shape index (κ2) is 9.24. The lowest BCUT2D eigenvalue weighted by molar-refractivity contribution is 0.0955. The van der Waals surface area contributed by atoms with Gasteiger partial charge in [0.15, 0.2) is 0 Å². The van der Waals surface area contributed by atoms with Crippen LogP contribution in [0.1, 0.15) is 38.7 Å². The molecule has 1 aliphatic heterocycles. The minimum atomic E-state index is -0.124. The van der Waals surface area contributed by atoms with Crippen molar-refractivity contribution in [2.75, 3.05) is 5.73 Å². The number of hydrogen-bond donors (Lipinski definition) is 2. The van der Waals surface area contributed by atoms with Crippen molar-refractivity contribution in [1.29, 1.82) is 0 Å². The Hall–Kier alpha value is -3.00. The molecule has 0 atom stereocenters. The number of carbonyl (C=O) groups is 1. The van der Waals surface area contributed by atoms with Gasteiger partial charge in [-0.25, -0.2) is 4.98 Å². The summed E-state index contributed by atoms with van der Waals surface area (Å²) in [7, 11) is 0. The Kier molecular flexibility index (Phi) is 6.41. The van der Waals surface area contributed by atoms with E-state index in [4.69, 9.17) is 17.3 Å². The Labute approximate surface area is 196 Å². The smallest absolute Gasteiger partial charge is 0.261 e. The van der Waals surface area contributed by atoms with Crippen LogP contribution in [0.2, 0.25) is 5.02 Å². The second-order valence-corrected chi connectivity index (χ2v) is 9.15. The Morgan fingerprint density at radius 3 is 2.84 bits per heavy atom. The maximum absolute atomic E-state index is 12.7. The summed E-state index contributed by atoms with van der Waals surface area (Å²) in [6.07, 6.45) is 5.43. The van der Waals surface area contributed by atoms with E-state index < -0.39 is 0 Å². The summed E-state index contributed by atoms with van der Waals surface area (Å²) < 4.78 is 0. The van der Waals surface area contributed by atoms with Gasteiger partial charge < -0.3 is 11.1 Å². The second-order valence-electron chi connectivity index (χ2n) is 7.61. The highest BCUT2D eigenvalue weighted by Gasteiger charge is 2.21. The van der Waals surface area contributed by atoms with Crippen LogP contribution in [0.15, 0.2) is 55.0 Å². The number of thiophene rings is 1. The van der Waals surface area contributed by atoms with E-state index >= 15 is 0 Å². The molecule has 0 spiro atoms. The number of anilines is 1. The summed E-state index contributed by atoms with van der Waals surface area (Å²) in [5.74, 6) is 0.382. The van der Waals surface area contributed by atoms with Crippen molar-refractivity contribution in [3.8, 4) is 0 Å². The molecule has 5 rings (SSSR count). The number of nitrogens with zero attached hydrogens (tertiary/aromatic N) is 3. The van der Waals surface area contributed by atoms with Gasteiger partial charge in [0.2, 0.25) is 0 Å². The topological polar surface area (TPSA) is 84.1 Å². The predicted molar refractivity (Wildman–Crippen MR) is 131 cm³/mol. The fourth-order valence-electron chi connectivity index (χ4n) is 3.86. The summed E-state index contributed by atoms with van der Waals surface area (Å²) in [4.78, 5) is 24.9. The van der Waals surface area contributed by atoms with Gasteiger partial charge in [-0.3, -0.25) is 14.7 Å². The van der Waals surface area contributed by atoms with Gasteiger partial charge >= 0.3 is 0 Å². The fraction of sp³-hybridized carbons (Fsp3) is 0.208. The van der Waals surface area contributed by atoms with Crippen molar-refractivity contribution in [3.63, 3.8) is 0 Å². The fourth-order valence-corrected chi connectivity index (χ4v) is 5.22. The van der Waals surface area contributed by atoms with Crippen LogP contribution in [-0.4, -0.2) is 20.8 Å². The molecule has 1 aromatic carbocycles. The lowest BCUT2D eigenvalue weighted by Crippen LogP contribution is -2.21. The number of aromatic nitrogens is 2. The number of amides is 1. The number of hydrogen-bond acceptors (Lipinski definition) is 6. The maximum Gasteiger partial charge on any atom is 0.261 e. The molecular weight excluding hydrogens is 442 g/mol. The quantitative estimate of drug-likeness (QED) is 0.433. The van der Waals surface area contributed by atoms with E-state index in [1.54, 1.807) is 12.3 Å². The maximum atomic E-state index is 12.7. The van der Waals surface area contributed by atoms with Crippen LogP contribution in [0.25, 0.3) is 10.8 Å². The average molecular weight is 466 g/mol. The molecule has 8 heteroatoms. The first-order chi connectivity index (χ1) is 15.1. The number of carbonyl (C=O) groups excluding carboxylic acids is 1. The van der Waals surface area contributed by atoms with Crippen LogP contribution >= 0.6 is 22.9 Å². The molecule has 0 unspecified atom stereocenters. The molecule has 0 saturated carbocycles. The zero-order valence-electron chi connectivity index (χ0n) is 16.6. The molecule has 1 aliphatic rings. The molecule has 1 amide bonds. The lowest BCUT2D eigenvalue weighted by Gasteiger charge is -2.13. The van der Waals surface area contributed by atoms with Gasteiger partial charge in [0.05, 0.1) is 9.90 Å². The summed E-state index contributed by atoms with van der Waals surface area (Å²) in [6.45, 7) is 2.86. The van der Waals surface area contributed by atoms with E-state index in [0.29, 0.717) is 28.8 Å². The minimum absolute atomic E-state index is 0. The van der Waals surface area contributed by atoms with Crippen molar-refractivity contribution in [2.45, 2.75) is 33.6 Å². The van der Waals surface area contributed by atoms with Gasteiger partial charge in [-0.2, -0.15) is 0 Å². The van der Waals surface area contributed by atoms with Crippen molar-refractivity contribution < 1.29 is 4.79 Å². The van der Waals surface area contributed by atoms with Gasteiger partial charge in [0, 0.05) is 55.0 Å². The molecule has 0 aliphatic carbocycles. The lowest BCUT2D eigenvalue weighted by atomic mass is 10.1. The first-order valence-electron chi connectivity index (χ1n) is 9.90. The highest BCUT2D eigenvalue weighted by Crippen LogP contribution is 2.31. The molecule has 6 nitrogen and oxygen atoms in total. The van der Waals surface area contributed by atoms with Crippen LogP contribution in [-0.2, 0) is 26.2 Å². The van der Waals surface area contributed by atoms with Crippen LogP contribution < -0.4 is 11.1 Å². The molecule has 4 heterocycles. The number of nitrogens with one attached hydrogen (secondary N) is 1. The van der Waals surface area contributed by atoms with Gasteiger partial charge in [0.1, 0.15) is 5.82 Å². The van der Waals surface area contributed by atoms with E-state index in [2.05, 4.69) is 26.3 Å². The summed E-state index contributed by atoms with van der Waals surface area (Å²) in [5, 5.41) is 5.54. The molecule has 0 radical (unpaired) electrons. The van der Waals surface area contributed by atoms with E-state index in [9.17, 15) is 4.79 Å². The highest BCUT2D eigenvalue weighted by atomic mass is 35.5. The van der Waals surface area contributed by atoms with Crippen LogP contribution in [0.3, 0.4) is 0 Å². The Balaban J connectivity index is 0.00000245. The van der Waals surface area contributed by atoms with Gasteiger partial charge in [-0.05, 0) is 46.3 Å². The first-order valence-corrected chi connectivity index (χ1v) is 11.1. The summed E-state index contributed by atoms with van der Waals surface area (Å²) in [5.41, 5.74) is 9.45. The number of fused-ring (bicyclic) bond motifs is 2. The number of nitrogens with two attached hydrogens (primary N) is 1. The van der Waals surface area contributed by atoms with Crippen LogP contribution in [0.4, 0.5) is 5.82 Å². The molecule has 164 valence electrons. The third kappa shape index (κ3) is 4.46. The Bertz CT molecular complexity index is 1260. The number of pyridine rings is 2. The third-order valence-corrected chi connectivity index (χ3v) is 7.02. The van der Waals surface area contributed by atoms with Crippen molar-refractivity contribution >= 4 is 45.4 Å². The standard InChI is InChI=1S/C23H20ClN5OS.CH4/c24-19-8-20(31-21(19)13-29-11-16-3-5-26-10-17(16)12-29)23(30)28-9-14-1-2-18-15(7-14)4-6-27-22(18)25;/h1-8,10H,9,11-13H2,(H2,25,27)(H,28,30);1H4. The molecule has 0 bridgehead atoms. The normalized spacial score (nSPS) is 13.0. The Morgan fingerprint density at radius 1 is 1.16 bits per heavy atom. The minimum Gasteiger partial charge on any atom is -0.383 e. The molecule has 3 N–H and O–H groups in total. The van der Waals surface area contributed by atoms with Crippen molar-refractivity contribution in [1.82, 2.24) is 20.2 Å². The molecule has 0 saturated heterocycles. The molecule has 0 fully saturated rings. The molecule has 4 aromatic rings. The SMILES string of the molecule is C.Nc1nccc2cc(CNC(=O)c3cc(Cl)c(CN4Cc5ccncc5C4)s3)ccc12. The van der Waals surface area contributed by atoms with E-state index in [-0.39, 0.29) is 13.3 Å². The third-order valence-electron chi connectivity index (χ3n) is 5.45. The van der Waals surface area contributed by atoms with Crippen LogP contribution in [0, 0.1) is 0 Å². The summed E-state index contributed by atoms with van der Waals surface area (Å²) >= 11 is 7.90. The van der Waals surface area contributed by atoms with E-state index in [1.165, 1.54) is 22.5 Å². The monoisotopic (exact) mass is 465 g/mol. The largest absolute Gasteiger partial charge is 0.383 e. The number of benzene rings is 1. The van der Waals surface area contributed by atoms with Crippen LogP contribution in [0.5, 0.6) is 0 Å². The Morgan fingerprint density at radius 2 is 2.00 bits per heavy atom. The molecule has 32 heavy (non-hydrogen) atoms. The van der Waals surface area contributed by atoms with Gasteiger partial charge in [-0.15, -0.1) is 11.3 Å². The molecular formula is C24H24ClN5OS. The average Bonchev–Trinajstić information content (AvgIpc) is 3.35. The van der Waals surface area contributed by atoms with E-state index in [0.717, 1.165) is 34.3 Å². The first kappa shape index (κ1) is 22.2. The van der Waals surface area contributed by atoms with Crippen molar-refractivity contribution in [2.24, 2.45) is 0 Å². The number of halogens is 1. The zero-order chi connectivity index (χ0) is 21.4. The highest BCUT2D eigenvalue weighted by molar-refractivity contribution is 7.14. The zero-order valence-corrected chi connectivity index (χ0v) is 18.2. The molecule has 3 aromatic heterocycles. The van der Waals surface area contributed by atoms with Gasteiger partial charge in [0.25, 0.3) is 5.91 Å². The summed E-state index contributed by atoms with van der Waals surface area (Å²) in [6, 6.07) is 11.6. The van der Waals surface area contributed by atoms with Gasteiger partial charge in [-0.1, -0.05) is 31.2 Å². The number of nitrogen functional groups attached to an aromatic ring is 1. The van der Waals surface area contributed by atoms with Crippen molar-refractivity contribution in [3.05, 3.63) is 86.5 Å². The number of rotatable bonds is 5.